The molecule has 2 unspecified atom stereocenters. The van der Waals surface area contributed by atoms with Gasteiger partial charge in [-0.1, -0.05) is 12.1 Å². The van der Waals surface area contributed by atoms with Crippen molar-refractivity contribution in [1.29, 1.82) is 0 Å². The molecule has 0 aromatic heterocycles. The third-order valence-corrected chi connectivity index (χ3v) is 5.04. The smallest absolute Gasteiger partial charge is 0.310 e. The lowest BCUT2D eigenvalue weighted by Gasteiger charge is -2.41. The van der Waals surface area contributed by atoms with Gasteiger partial charge in [-0.2, -0.15) is 0 Å². The number of benzene rings is 1. The number of rotatable bonds is 2. The van der Waals surface area contributed by atoms with Crippen LogP contribution in [0.4, 0.5) is 4.39 Å². The SMILES string of the molecule is CN1C2CCC1[C@@H](C(=O)O[11CH3])[C@@H](c1ccc(F)cc1)C2. The molecule has 0 N–H and O–H groups in total. The summed E-state index contributed by atoms with van der Waals surface area (Å²) in [5.41, 5.74) is 1.05. The summed E-state index contributed by atoms with van der Waals surface area (Å²) in [6.45, 7) is 0. The Hall–Kier alpha value is -1.42. The van der Waals surface area contributed by atoms with Gasteiger partial charge in [0.05, 0.1) is 13.0 Å². The van der Waals surface area contributed by atoms with Crippen molar-refractivity contribution in [3.63, 3.8) is 0 Å². The number of esters is 1. The molecule has 0 saturated carbocycles. The second kappa shape index (κ2) is 5.17. The van der Waals surface area contributed by atoms with Gasteiger partial charge < -0.3 is 4.74 Å². The highest BCUT2D eigenvalue weighted by Crippen LogP contribution is 2.46. The van der Waals surface area contributed by atoms with Crippen LogP contribution >= 0.6 is 0 Å². The number of methoxy groups -OCH3 is 1. The van der Waals surface area contributed by atoms with Crippen molar-refractivity contribution in [3.05, 3.63) is 35.6 Å². The standard InChI is InChI=1S/C16H20FNO2/c1-18-12-7-8-14(18)15(16(19)20-2)13(9-12)10-3-5-11(17)6-4-10/h3-6,12-15H,7-9H2,1-2H3/t12?,13-,14?,15+/m1/s1/i2-1. The average molecular weight is 276 g/mol. The normalized spacial score (nSPS) is 33.1. The Morgan fingerprint density at radius 2 is 2.00 bits per heavy atom. The van der Waals surface area contributed by atoms with Crippen LogP contribution in [0.15, 0.2) is 24.3 Å². The molecule has 2 aliphatic rings. The molecule has 0 spiro atoms. The highest BCUT2D eigenvalue weighted by molar-refractivity contribution is 5.75. The summed E-state index contributed by atoms with van der Waals surface area (Å²) in [7, 11) is 3.55. The molecule has 3 rings (SSSR count). The summed E-state index contributed by atoms with van der Waals surface area (Å²) >= 11 is 0. The van der Waals surface area contributed by atoms with Gasteiger partial charge in [0.15, 0.2) is 0 Å². The van der Waals surface area contributed by atoms with Crippen LogP contribution in [0.5, 0.6) is 0 Å². The van der Waals surface area contributed by atoms with Gasteiger partial charge in [-0.3, -0.25) is 9.69 Å². The zero-order valence-electron chi connectivity index (χ0n) is 11.9. The van der Waals surface area contributed by atoms with Crippen molar-refractivity contribution in [3.8, 4) is 0 Å². The Morgan fingerprint density at radius 3 is 2.65 bits per heavy atom. The van der Waals surface area contributed by atoms with Crippen LogP contribution in [0.1, 0.15) is 30.7 Å². The van der Waals surface area contributed by atoms with Crippen molar-refractivity contribution in [2.45, 2.75) is 37.3 Å². The van der Waals surface area contributed by atoms with E-state index in [0.29, 0.717) is 6.04 Å². The van der Waals surface area contributed by atoms with Crippen LogP contribution in [-0.4, -0.2) is 37.1 Å². The molecule has 20 heavy (non-hydrogen) atoms. The van der Waals surface area contributed by atoms with Gasteiger partial charge in [0.25, 0.3) is 0 Å². The topological polar surface area (TPSA) is 29.5 Å². The second-order valence-electron chi connectivity index (χ2n) is 5.91. The zero-order valence-corrected chi connectivity index (χ0v) is 11.9. The molecule has 0 amide bonds. The number of carbonyl (C=O) groups excluding carboxylic acids is 1. The molecule has 1 aromatic rings. The van der Waals surface area contributed by atoms with Crippen LogP contribution in [-0.2, 0) is 9.53 Å². The van der Waals surface area contributed by atoms with Gasteiger partial charge in [0.1, 0.15) is 5.82 Å². The molecule has 0 aliphatic carbocycles. The molecule has 2 saturated heterocycles. The van der Waals surface area contributed by atoms with E-state index in [9.17, 15) is 9.18 Å². The second-order valence-corrected chi connectivity index (χ2v) is 5.91. The number of halogens is 1. The predicted molar refractivity (Wildman–Crippen MR) is 73.8 cm³/mol. The Morgan fingerprint density at radius 1 is 1.30 bits per heavy atom. The molecule has 0 radical (unpaired) electrons. The fourth-order valence-corrected chi connectivity index (χ4v) is 3.98. The van der Waals surface area contributed by atoms with E-state index in [-0.39, 0.29) is 29.7 Å². The lowest BCUT2D eigenvalue weighted by molar-refractivity contribution is -0.150. The first-order chi connectivity index (χ1) is 9.61. The Balaban J connectivity index is 1.95. The number of ether oxygens (including phenoxy) is 1. The van der Waals surface area contributed by atoms with E-state index < -0.39 is 0 Å². The summed E-state index contributed by atoms with van der Waals surface area (Å²) in [5.74, 6) is -0.387. The maximum atomic E-state index is 13.1. The van der Waals surface area contributed by atoms with Gasteiger partial charge in [-0.15, -0.1) is 0 Å². The molecule has 4 heteroatoms. The van der Waals surface area contributed by atoms with E-state index in [1.165, 1.54) is 19.2 Å². The Bertz CT molecular complexity index is 502. The molecule has 2 bridgehead atoms. The van der Waals surface area contributed by atoms with Gasteiger partial charge in [-0.25, -0.2) is 4.39 Å². The molecule has 2 aliphatic heterocycles. The van der Waals surface area contributed by atoms with Crippen molar-refractivity contribution in [2.24, 2.45) is 5.92 Å². The number of piperidine rings is 1. The van der Waals surface area contributed by atoms with Crippen LogP contribution in [0, 0.1) is 11.7 Å². The largest absolute Gasteiger partial charge is 0.469 e. The summed E-state index contributed by atoms with van der Waals surface area (Å²) in [5, 5.41) is 0. The zero-order chi connectivity index (χ0) is 14.3. The summed E-state index contributed by atoms with van der Waals surface area (Å²) < 4.78 is 18.1. The van der Waals surface area contributed by atoms with E-state index in [1.54, 1.807) is 12.1 Å². The Kier molecular flexibility index (Phi) is 3.50. The highest BCUT2D eigenvalue weighted by atomic mass is 19.1. The lowest BCUT2D eigenvalue weighted by Crippen LogP contribution is -2.49. The van der Waals surface area contributed by atoms with Gasteiger partial charge >= 0.3 is 5.97 Å². The first-order valence-corrected chi connectivity index (χ1v) is 7.17. The lowest BCUT2D eigenvalue weighted by atomic mass is 9.76. The van der Waals surface area contributed by atoms with Gasteiger partial charge in [0.2, 0.25) is 0 Å². The van der Waals surface area contributed by atoms with Gasteiger partial charge in [-0.05, 0) is 44.0 Å². The van der Waals surface area contributed by atoms with E-state index in [1.807, 2.05) is 0 Å². The quantitative estimate of drug-likeness (QED) is 0.778. The van der Waals surface area contributed by atoms with E-state index >= 15 is 0 Å². The number of fused-ring (bicyclic) bond motifs is 2. The molecule has 1 aromatic carbocycles. The fraction of sp³-hybridized carbons (Fsp3) is 0.562. The van der Waals surface area contributed by atoms with Crippen LogP contribution in [0.2, 0.25) is 0 Å². The molecule has 2 heterocycles. The minimum Gasteiger partial charge on any atom is -0.469 e. The van der Waals surface area contributed by atoms with Crippen LogP contribution in [0.25, 0.3) is 0 Å². The number of nitrogens with zero attached hydrogens (tertiary/aromatic N) is 1. The third kappa shape index (κ3) is 2.12. The number of hydrogen-bond acceptors (Lipinski definition) is 3. The number of carbonyl (C=O) groups is 1. The van der Waals surface area contributed by atoms with Gasteiger partial charge in [0, 0.05) is 18.0 Å². The minimum absolute atomic E-state index is 0.136. The third-order valence-electron chi connectivity index (χ3n) is 5.04. The summed E-state index contributed by atoms with van der Waals surface area (Å²) in [6.07, 6.45) is 3.11. The van der Waals surface area contributed by atoms with E-state index in [2.05, 4.69) is 11.9 Å². The van der Waals surface area contributed by atoms with Crippen molar-refractivity contribution in [2.75, 3.05) is 14.2 Å². The van der Waals surface area contributed by atoms with Crippen molar-refractivity contribution in [1.82, 2.24) is 4.90 Å². The molecule has 108 valence electrons. The first-order valence-electron chi connectivity index (χ1n) is 7.17. The molecular weight excluding hydrogens is 256 g/mol. The minimum atomic E-state index is -0.237. The number of hydrogen-bond donors (Lipinski definition) is 0. The van der Waals surface area contributed by atoms with Crippen molar-refractivity contribution < 1.29 is 13.9 Å². The summed E-state index contributed by atoms with van der Waals surface area (Å²) in [6, 6.07) is 7.34. The van der Waals surface area contributed by atoms with Crippen molar-refractivity contribution >= 4 is 5.97 Å². The summed E-state index contributed by atoms with van der Waals surface area (Å²) in [4.78, 5) is 14.5. The van der Waals surface area contributed by atoms with E-state index in [0.717, 1.165) is 24.8 Å². The Labute approximate surface area is 118 Å². The monoisotopic (exact) mass is 276 g/mol. The predicted octanol–water partition coefficient (Wildman–Crippen LogP) is 2.57. The maximum absolute atomic E-state index is 13.1. The average Bonchev–Trinajstić information content (AvgIpc) is 2.70. The van der Waals surface area contributed by atoms with E-state index in [4.69, 9.17) is 4.74 Å². The molecule has 2 fully saturated rings. The highest BCUT2D eigenvalue weighted by Gasteiger charge is 2.49. The van der Waals surface area contributed by atoms with Crippen LogP contribution < -0.4 is 0 Å². The van der Waals surface area contributed by atoms with Crippen LogP contribution in [0.3, 0.4) is 0 Å². The maximum Gasteiger partial charge on any atom is 0.310 e. The first kappa shape index (κ1) is 13.6. The fourth-order valence-electron chi connectivity index (χ4n) is 3.98. The molecule has 3 nitrogen and oxygen atoms in total. The molecular formula is C16H20FNO2. The molecule has 4 atom stereocenters.